The summed E-state index contributed by atoms with van der Waals surface area (Å²) < 4.78 is 2.23. The number of hydrogen-bond acceptors (Lipinski definition) is 4. The van der Waals surface area contributed by atoms with Crippen molar-refractivity contribution in [2.45, 2.75) is 26.3 Å². The van der Waals surface area contributed by atoms with Crippen molar-refractivity contribution in [3.05, 3.63) is 41.1 Å². The van der Waals surface area contributed by atoms with Gasteiger partial charge in [-0.2, -0.15) is 0 Å². The lowest BCUT2D eigenvalue weighted by molar-refractivity contribution is -0.136. The Labute approximate surface area is 152 Å². The van der Waals surface area contributed by atoms with E-state index in [4.69, 9.17) is 11.6 Å². The van der Waals surface area contributed by atoms with E-state index in [1.807, 2.05) is 30.2 Å². The van der Waals surface area contributed by atoms with E-state index >= 15 is 0 Å². The van der Waals surface area contributed by atoms with E-state index in [1.165, 1.54) is 5.69 Å². The van der Waals surface area contributed by atoms with E-state index in [0.717, 1.165) is 57.2 Å². The van der Waals surface area contributed by atoms with Crippen LogP contribution in [-0.4, -0.2) is 51.5 Å². The predicted molar refractivity (Wildman–Crippen MR) is 96.8 cm³/mol. The number of carbonyl (C=O) groups excluding carboxylic acids is 1. The van der Waals surface area contributed by atoms with Gasteiger partial charge in [0.05, 0.1) is 5.02 Å². The van der Waals surface area contributed by atoms with E-state index in [2.05, 4.69) is 19.4 Å². The van der Waals surface area contributed by atoms with Gasteiger partial charge in [-0.15, -0.1) is 0 Å². The molecule has 4 heterocycles. The van der Waals surface area contributed by atoms with Gasteiger partial charge in [-0.1, -0.05) is 11.6 Å². The molecule has 0 saturated carbocycles. The highest BCUT2D eigenvalue weighted by atomic mass is 35.5. The van der Waals surface area contributed by atoms with Gasteiger partial charge >= 0.3 is 0 Å². The summed E-state index contributed by atoms with van der Waals surface area (Å²) in [5, 5.41) is 0.643. The molecule has 4 rings (SSSR count). The molecule has 6 nitrogen and oxygen atoms in total. The normalized spacial score (nSPS) is 20.5. The van der Waals surface area contributed by atoms with Crippen LogP contribution in [0.1, 0.15) is 17.9 Å². The van der Waals surface area contributed by atoms with Crippen LogP contribution >= 0.6 is 11.6 Å². The van der Waals surface area contributed by atoms with Crippen LogP contribution in [0.3, 0.4) is 0 Å². The number of pyridine rings is 1. The molecule has 132 valence electrons. The number of amides is 1. The molecule has 2 aliphatic rings. The first-order chi connectivity index (χ1) is 12.1. The van der Waals surface area contributed by atoms with Crippen molar-refractivity contribution >= 4 is 23.3 Å². The topological polar surface area (TPSA) is 54.3 Å². The first kappa shape index (κ1) is 16.4. The van der Waals surface area contributed by atoms with Gasteiger partial charge in [-0.05, 0) is 25.5 Å². The monoisotopic (exact) mass is 359 g/mol. The Morgan fingerprint density at radius 3 is 2.64 bits per heavy atom. The number of carbonyl (C=O) groups is 1. The molecule has 0 aromatic carbocycles. The van der Waals surface area contributed by atoms with Gasteiger partial charge in [0.1, 0.15) is 11.6 Å². The molecular formula is C18H22ClN5O. The summed E-state index contributed by atoms with van der Waals surface area (Å²) in [6.45, 7) is 6.03. The molecule has 0 radical (unpaired) electrons. The minimum atomic E-state index is 0.0869. The summed E-state index contributed by atoms with van der Waals surface area (Å²) in [6.07, 6.45) is 5.29. The van der Waals surface area contributed by atoms with Crippen LogP contribution in [0.2, 0.25) is 5.02 Å². The maximum Gasteiger partial charge on any atom is 0.226 e. The maximum atomic E-state index is 12.9. The molecular weight excluding hydrogens is 338 g/mol. The minimum absolute atomic E-state index is 0.0869. The van der Waals surface area contributed by atoms with Crippen molar-refractivity contribution < 1.29 is 4.79 Å². The van der Waals surface area contributed by atoms with E-state index in [0.29, 0.717) is 5.02 Å². The Morgan fingerprint density at radius 2 is 1.92 bits per heavy atom. The average Bonchev–Trinajstić information content (AvgIpc) is 3.02. The number of fused-ring (bicyclic) bond motifs is 1. The zero-order chi connectivity index (χ0) is 17.4. The Morgan fingerprint density at radius 1 is 1.12 bits per heavy atom. The van der Waals surface area contributed by atoms with E-state index in [1.54, 1.807) is 6.20 Å². The lowest BCUT2D eigenvalue weighted by Gasteiger charge is -2.37. The number of imidazole rings is 1. The Kier molecular flexibility index (Phi) is 4.37. The molecule has 1 amide bonds. The van der Waals surface area contributed by atoms with Crippen LogP contribution in [0.4, 0.5) is 5.82 Å². The first-order valence-electron chi connectivity index (χ1n) is 8.78. The number of piperazine rings is 1. The molecule has 2 aliphatic heterocycles. The second-order valence-electron chi connectivity index (χ2n) is 6.79. The summed E-state index contributed by atoms with van der Waals surface area (Å²) in [6, 6.07) is 3.79. The number of hydrogen-bond donors (Lipinski definition) is 0. The summed E-state index contributed by atoms with van der Waals surface area (Å²) in [4.78, 5) is 25.9. The van der Waals surface area contributed by atoms with Crippen molar-refractivity contribution in [3.63, 3.8) is 0 Å². The molecule has 25 heavy (non-hydrogen) atoms. The van der Waals surface area contributed by atoms with Crippen molar-refractivity contribution in [1.29, 1.82) is 0 Å². The number of aryl methyl sites for hydroxylation is 1. The average molecular weight is 360 g/mol. The van der Waals surface area contributed by atoms with Gasteiger partial charge in [-0.3, -0.25) is 4.79 Å². The molecule has 1 fully saturated rings. The fourth-order valence-corrected chi connectivity index (χ4v) is 3.91. The second-order valence-corrected chi connectivity index (χ2v) is 7.22. The number of halogens is 1. The van der Waals surface area contributed by atoms with Gasteiger partial charge in [0.2, 0.25) is 5.91 Å². The highest BCUT2D eigenvalue weighted by Crippen LogP contribution is 2.24. The molecule has 7 heteroatoms. The predicted octanol–water partition coefficient (Wildman–Crippen LogP) is 2.15. The summed E-state index contributed by atoms with van der Waals surface area (Å²) in [5.74, 6) is 2.34. The Balaban J connectivity index is 1.36. The number of aromatic nitrogens is 3. The molecule has 2 aromatic rings. The highest BCUT2D eigenvalue weighted by molar-refractivity contribution is 6.30. The van der Waals surface area contributed by atoms with Crippen LogP contribution < -0.4 is 4.90 Å². The van der Waals surface area contributed by atoms with Crippen molar-refractivity contribution in [3.8, 4) is 0 Å². The summed E-state index contributed by atoms with van der Waals surface area (Å²) in [7, 11) is 0. The van der Waals surface area contributed by atoms with Crippen LogP contribution in [0.25, 0.3) is 0 Å². The molecule has 0 aliphatic carbocycles. The maximum absolute atomic E-state index is 12.9. The Bertz CT molecular complexity index is 764. The second kappa shape index (κ2) is 6.67. The molecule has 1 unspecified atom stereocenters. The number of rotatable bonds is 2. The van der Waals surface area contributed by atoms with Gasteiger partial charge in [-0.25, -0.2) is 9.97 Å². The lowest BCUT2D eigenvalue weighted by Crippen LogP contribution is -2.51. The van der Waals surface area contributed by atoms with Gasteiger partial charge in [0.25, 0.3) is 0 Å². The lowest BCUT2D eigenvalue weighted by atomic mass is 9.94. The summed E-state index contributed by atoms with van der Waals surface area (Å²) in [5.41, 5.74) is 1.19. The zero-order valence-electron chi connectivity index (χ0n) is 14.4. The number of nitrogens with zero attached hydrogens (tertiary/aromatic N) is 5. The van der Waals surface area contributed by atoms with Crippen LogP contribution in [0.15, 0.2) is 24.5 Å². The SMILES string of the molecule is Cc1ncc2n1CCC(C(=O)N1CCN(c3ccc(Cl)cn3)CC1)C2. The molecule has 0 spiro atoms. The standard InChI is InChI=1S/C18H22ClN5O/c1-13-20-12-16-10-14(4-5-24(13)16)18(25)23-8-6-22(7-9-23)17-3-2-15(19)11-21-17/h2-3,11-12,14H,4-10H2,1H3. The highest BCUT2D eigenvalue weighted by Gasteiger charge is 2.31. The minimum Gasteiger partial charge on any atom is -0.353 e. The third kappa shape index (κ3) is 3.23. The van der Waals surface area contributed by atoms with E-state index < -0.39 is 0 Å². The largest absolute Gasteiger partial charge is 0.353 e. The van der Waals surface area contributed by atoms with Gasteiger partial charge in [0, 0.05) is 63.2 Å². The number of anilines is 1. The molecule has 0 bridgehead atoms. The molecule has 1 saturated heterocycles. The summed E-state index contributed by atoms with van der Waals surface area (Å²) >= 11 is 5.90. The first-order valence-corrected chi connectivity index (χ1v) is 9.16. The van der Waals surface area contributed by atoms with Crippen LogP contribution in [0.5, 0.6) is 0 Å². The van der Waals surface area contributed by atoms with Crippen LogP contribution in [-0.2, 0) is 17.8 Å². The van der Waals surface area contributed by atoms with E-state index in [9.17, 15) is 4.79 Å². The van der Waals surface area contributed by atoms with Crippen molar-refractivity contribution in [2.75, 3.05) is 31.1 Å². The van der Waals surface area contributed by atoms with Crippen molar-refractivity contribution in [2.24, 2.45) is 5.92 Å². The van der Waals surface area contributed by atoms with Gasteiger partial charge in [0.15, 0.2) is 0 Å². The molecule has 0 N–H and O–H groups in total. The fraction of sp³-hybridized carbons (Fsp3) is 0.500. The third-order valence-corrected chi connectivity index (χ3v) is 5.49. The van der Waals surface area contributed by atoms with Crippen LogP contribution in [0, 0.1) is 12.8 Å². The smallest absolute Gasteiger partial charge is 0.226 e. The Hall–Kier alpha value is -2.08. The molecule has 2 aromatic heterocycles. The quantitative estimate of drug-likeness (QED) is 0.824. The third-order valence-electron chi connectivity index (χ3n) is 5.27. The van der Waals surface area contributed by atoms with Crippen molar-refractivity contribution in [1.82, 2.24) is 19.4 Å². The zero-order valence-corrected chi connectivity index (χ0v) is 15.1. The van der Waals surface area contributed by atoms with E-state index in [-0.39, 0.29) is 11.8 Å². The van der Waals surface area contributed by atoms with Gasteiger partial charge < -0.3 is 14.4 Å². The fourth-order valence-electron chi connectivity index (χ4n) is 3.80. The molecule has 1 atom stereocenters.